The minimum absolute atomic E-state index is 0.213. The van der Waals surface area contributed by atoms with Gasteiger partial charge < -0.3 is 10.2 Å². The van der Waals surface area contributed by atoms with Crippen LogP contribution in [0.25, 0.3) is 10.8 Å². The summed E-state index contributed by atoms with van der Waals surface area (Å²) in [5, 5.41) is 8.32. The number of carbonyl (C=O) groups is 1. The van der Waals surface area contributed by atoms with E-state index in [-0.39, 0.29) is 17.2 Å². The molecule has 0 atom stereocenters. The highest BCUT2D eigenvalue weighted by atomic mass is 16.2. The first-order valence-electron chi connectivity index (χ1n) is 11.9. The van der Waals surface area contributed by atoms with Gasteiger partial charge >= 0.3 is 0 Å². The number of carbonyl (C=O) groups excluding carboxylic acids is 1. The van der Waals surface area contributed by atoms with Crippen LogP contribution >= 0.6 is 0 Å². The van der Waals surface area contributed by atoms with Gasteiger partial charge in [-0.05, 0) is 29.3 Å². The maximum atomic E-state index is 13.1. The molecule has 1 aliphatic rings. The zero-order valence-corrected chi connectivity index (χ0v) is 19.9. The third-order valence-corrected chi connectivity index (χ3v) is 6.62. The van der Waals surface area contributed by atoms with Crippen LogP contribution in [0.3, 0.4) is 0 Å². The lowest BCUT2D eigenvalue weighted by Gasteiger charge is -2.36. The van der Waals surface area contributed by atoms with Gasteiger partial charge in [-0.3, -0.25) is 14.5 Å². The van der Waals surface area contributed by atoms with E-state index in [1.165, 1.54) is 15.9 Å². The smallest absolute Gasteiger partial charge is 0.274 e. The number of anilines is 1. The van der Waals surface area contributed by atoms with Crippen LogP contribution < -0.4 is 15.8 Å². The Hall–Kier alpha value is -3.97. The van der Waals surface area contributed by atoms with Crippen LogP contribution in [0.5, 0.6) is 0 Å². The van der Waals surface area contributed by atoms with Crippen LogP contribution in [0.15, 0.2) is 83.7 Å². The van der Waals surface area contributed by atoms with Crippen molar-refractivity contribution in [3.8, 4) is 0 Å². The predicted molar refractivity (Wildman–Crippen MR) is 139 cm³/mol. The topological polar surface area (TPSA) is 70.5 Å². The molecule has 1 N–H and O–H groups in total. The molecule has 1 aliphatic heterocycles. The van der Waals surface area contributed by atoms with Gasteiger partial charge in [0.25, 0.3) is 11.5 Å². The van der Waals surface area contributed by atoms with E-state index in [0.29, 0.717) is 17.3 Å². The third kappa shape index (κ3) is 4.95. The van der Waals surface area contributed by atoms with Crippen molar-refractivity contribution in [3.63, 3.8) is 0 Å². The maximum absolute atomic E-state index is 13.1. The van der Waals surface area contributed by atoms with Crippen molar-refractivity contribution in [2.24, 2.45) is 7.05 Å². The highest BCUT2D eigenvalue weighted by Gasteiger charge is 2.19. The van der Waals surface area contributed by atoms with Gasteiger partial charge in [-0.1, -0.05) is 60.7 Å². The Labute approximate surface area is 204 Å². The van der Waals surface area contributed by atoms with Crippen molar-refractivity contribution in [2.75, 3.05) is 31.1 Å². The Bertz CT molecular complexity index is 1390. The summed E-state index contributed by atoms with van der Waals surface area (Å²) in [4.78, 5) is 30.3. The molecular formula is C28H29N5O2. The van der Waals surface area contributed by atoms with Gasteiger partial charge in [0, 0.05) is 57.4 Å². The number of hydrogen-bond acceptors (Lipinski definition) is 5. The van der Waals surface area contributed by atoms with Crippen molar-refractivity contribution < 1.29 is 4.79 Å². The number of amides is 1. The van der Waals surface area contributed by atoms with Crippen molar-refractivity contribution in [1.82, 2.24) is 20.0 Å². The molecule has 178 valence electrons. The molecule has 1 saturated heterocycles. The first-order chi connectivity index (χ1) is 17.1. The van der Waals surface area contributed by atoms with E-state index in [9.17, 15) is 9.59 Å². The second-order valence-electron chi connectivity index (χ2n) is 8.87. The second-order valence-corrected chi connectivity index (χ2v) is 8.87. The van der Waals surface area contributed by atoms with E-state index >= 15 is 0 Å². The highest BCUT2D eigenvalue weighted by molar-refractivity contribution is 6.04. The van der Waals surface area contributed by atoms with E-state index in [1.54, 1.807) is 25.2 Å². The number of piperazine rings is 1. The quantitative estimate of drug-likeness (QED) is 0.472. The summed E-state index contributed by atoms with van der Waals surface area (Å²) in [5.41, 5.74) is 3.61. The van der Waals surface area contributed by atoms with Gasteiger partial charge in [-0.2, -0.15) is 5.10 Å². The first-order valence-corrected chi connectivity index (χ1v) is 11.9. The molecule has 0 unspecified atom stereocenters. The monoisotopic (exact) mass is 467 g/mol. The molecule has 0 saturated carbocycles. The number of fused-ring (bicyclic) bond motifs is 1. The van der Waals surface area contributed by atoms with Gasteiger partial charge in [0.1, 0.15) is 0 Å². The number of hydrogen-bond donors (Lipinski definition) is 1. The Morgan fingerprint density at radius 2 is 1.46 bits per heavy atom. The van der Waals surface area contributed by atoms with Gasteiger partial charge in [-0.25, -0.2) is 4.68 Å². The zero-order valence-electron chi connectivity index (χ0n) is 19.9. The molecule has 7 nitrogen and oxygen atoms in total. The Balaban J connectivity index is 1.25. The van der Waals surface area contributed by atoms with Gasteiger partial charge in [0.05, 0.1) is 5.39 Å². The average Bonchev–Trinajstić information content (AvgIpc) is 2.91. The molecule has 4 aromatic rings. The van der Waals surface area contributed by atoms with E-state index in [0.717, 1.165) is 38.3 Å². The lowest BCUT2D eigenvalue weighted by molar-refractivity contribution is 0.0945. The number of para-hydroxylation sites is 1. The molecular weight excluding hydrogens is 438 g/mol. The third-order valence-electron chi connectivity index (χ3n) is 6.62. The zero-order chi connectivity index (χ0) is 24.2. The molecule has 3 aromatic carbocycles. The number of nitrogens with zero attached hydrogens (tertiary/aromatic N) is 4. The molecule has 0 aliphatic carbocycles. The summed E-state index contributed by atoms with van der Waals surface area (Å²) in [5.74, 6) is -0.289. The Kier molecular flexibility index (Phi) is 6.59. The summed E-state index contributed by atoms with van der Waals surface area (Å²) < 4.78 is 1.22. The lowest BCUT2D eigenvalue weighted by atomic mass is 10.1. The van der Waals surface area contributed by atoms with Crippen LogP contribution in [0.4, 0.5) is 5.69 Å². The van der Waals surface area contributed by atoms with Crippen molar-refractivity contribution in [1.29, 1.82) is 0 Å². The molecule has 1 aromatic heterocycles. The summed E-state index contributed by atoms with van der Waals surface area (Å²) in [7, 11) is 1.57. The molecule has 0 bridgehead atoms. The normalized spacial score (nSPS) is 14.3. The molecule has 1 amide bonds. The Morgan fingerprint density at radius 3 is 2.20 bits per heavy atom. The number of aryl methyl sites for hydroxylation is 1. The minimum atomic E-state index is -0.289. The Morgan fingerprint density at radius 1 is 0.829 bits per heavy atom. The summed E-state index contributed by atoms with van der Waals surface area (Å²) >= 11 is 0. The molecule has 1 fully saturated rings. The highest BCUT2D eigenvalue weighted by Crippen LogP contribution is 2.19. The number of benzene rings is 3. The number of rotatable bonds is 6. The van der Waals surface area contributed by atoms with Crippen LogP contribution in [-0.2, 0) is 20.1 Å². The van der Waals surface area contributed by atoms with E-state index in [2.05, 4.69) is 56.6 Å². The largest absolute Gasteiger partial charge is 0.369 e. The minimum Gasteiger partial charge on any atom is -0.369 e. The molecule has 7 heteroatoms. The van der Waals surface area contributed by atoms with E-state index in [4.69, 9.17) is 0 Å². The maximum Gasteiger partial charge on any atom is 0.274 e. The van der Waals surface area contributed by atoms with E-state index < -0.39 is 0 Å². The van der Waals surface area contributed by atoms with Crippen LogP contribution in [0, 0.1) is 0 Å². The van der Waals surface area contributed by atoms with Gasteiger partial charge in [0.2, 0.25) is 0 Å². The summed E-state index contributed by atoms with van der Waals surface area (Å²) in [6.07, 6.45) is 0. The van der Waals surface area contributed by atoms with Gasteiger partial charge in [-0.15, -0.1) is 0 Å². The predicted octanol–water partition coefficient (Wildman–Crippen LogP) is 3.19. The van der Waals surface area contributed by atoms with Crippen molar-refractivity contribution in [3.05, 3.63) is 106 Å². The summed E-state index contributed by atoms with van der Waals surface area (Å²) in [6.45, 7) is 5.21. The standard InChI is InChI=1S/C28H29N5O2/c1-31-28(35)25-14-8-7-13-24(25)26(30-31)27(34)29-19-21-9-5-6-10-22(21)20-32-15-17-33(18-16-32)23-11-3-2-4-12-23/h2-14H,15-20H2,1H3,(H,29,34). The molecule has 0 spiro atoms. The molecule has 0 radical (unpaired) electrons. The second kappa shape index (κ2) is 10.1. The van der Waals surface area contributed by atoms with E-state index in [1.807, 2.05) is 24.3 Å². The lowest BCUT2D eigenvalue weighted by Crippen LogP contribution is -2.46. The van der Waals surface area contributed by atoms with Crippen LogP contribution in [0.1, 0.15) is 21.6 Å². The van der Waals surface area contributed by atoms with Crippen LogP contribution in [-0.4, -0.2) is 46.8 Å². The van der Waals surface area contributed by atoms with Crippen LogP contribution in [0.2, 0.25) is 0 Å². The number of nitrogens with one attached hydrogen (secondary N) is 1. The average molecular weight is 468 g/mol. The van der Waals surface area contributed by atoms with Crippen molar-refractivity contribution >= 4 is 22.4 Å². The number of aromatic nitrogens is 2. The summed E-state index contributed by atoms with van der Waals surface area (Å²) in [6, 6.07) is 25.9. The SMILES string of the molecule is Cn1nc(C(=O)NCc2ccccc2CN2CCN(c3ccccc3)CC2)c2ccccc2c1=O. The first kappa shape index (κ1) is 22.8. The molecule has 2 heterocycles. The fraction of sp³-hybridized carbons (Fsp3) is 0.250. The molecule has 35 heavy (non-hydrogen) atoms. The fourth-order valence-corrected chi connectivity index (χ4v) is 4.65. The van der Waals surface area contributed by atoms with Gasteiger partial charge in [0.15, 0.2) is 5.69 Å². The van der Waals surface area contributed by atoms with Crippen molar-refractivity contribution in [2.45, 2.75) is 13.1 Å². The molecule has 5 rings (SSSR count). The fourth-order valence-electron chi connectivity index (χ4n) is 4.65.